The first kappa shape index (κ1) is 32.9. The van der Waals surface area contributed by atoms with E-state index in [2.05, 4.69) is 153 Å². The average molecular weight is 734 g/mol. The van der Waals surface area contributed by atoms with Crippen LogP contribution in [0.2, 0.25) is 0 Å². The van der Waals surface area contributed by atoms with E-state index in [1.165, 1.54) is 49.7 Å². The summed E-state index contributed by atoms with van der Waals surface area (Å²) < 4.78 is 4.77. The van der Waals surface area contributed by atoms with Gasteiger partial charge in [0, 0.05) is 74.7 Å². The maximum atomic E-state index is 4.92. The third kappa shape index (κ3) is 5.63. The second kappa shape index (κ2) is 13.4. The minimum absolute atomic E-state index is 0.499. The lowest BCUT2D eigenvalue weighted by molar-refractivity contribution is 0.718. The highest BCUT2D eigenvalue weighted by molar-refractivity contribution is 6.10. The van der Waals surface area contributed by atoms with Crippen LogP contribution in [0.1, 0.15) is 18.2 Å². The van der Waals surface area contributed by atoms with Crippen molar-refractivity contribution in [3.8, 4) is 56.7 Å². The van der Waals surface area contributed by atoms with Crippen LogP contribution in [0.15, 0.2) is 170 Å². The zero-order valence-corrected chi connectivity index (χ0v) is 31.2. The summed E-state index contributed by atoms with van der Waals surface area (Å²) in [4.78, 5) is 23.0. The first-order chi connectivity index (χ1) is 28.2. The summed E-state index contributed by atoms with van der Waals surface area (Å²) in [6, 6.07) is 49.4. The summed E-state index contributed by atoms with van der Waals surface area (Å²) in [6.07, 6.45) is 12.7. The molecule has 5 aromatic carbocycles. The predicted molar refractivity (Wildman–Crippen MR) is 230 cm³/mol. The molecule has 1 atom stereocenters. The van der Waals surface area contributed by atoms with Crippen LogP contribution in [0.5, 0.6) is 0 Å². The van der Waals surface area contributed by atoms with Crippen LogP contribution in [0.4, 0.5) is 0 Å². The van der Waals surface area contributed by atoms with E-state index in [0.717, 1.165) is 39.8 Å². The van der Waals surface area contributed by atoms with E-state index in [-0.39, 0.29) is 0 Å². The molecule has 0 saturated heterocycles. The van der Waals surface area contributed by atoms with E-state index >= 15 is 0 Å². The van der Waals surface area contributed by atoms with Crippen LogP contribution >= 0.6 is 0 Å². The molecule has 5 aromatic heterocycles. The molecule has 0 radical (unpaired) electrons. The van der Waals surface area contributed by atoms with Crippen molar-refractivity contribution in [3.63, 3.8) is 0 Å². The number of rotatable bonds is 6. The quantitative estimate of drug-likeness (QED) is 0.170. The lowest BCUT2D eigenvalue weighted by Gasteiger charge is -2.15. The van der Waals surface area contributed by atoms with E-state index in [1.807, 2.05) is 24.3 Å². The van der Waals surface area contributed by atoms with Gasteiger partial charge >= 0.3 is 0 Å². The van der Waals surface area contributed by atoms with Gasteiger partial charge < -0.3 is 9.13 Å². The van der Waals surface area contributed by atoms with E-state index < -0.39 is 0 Å². The number of aromatic nitrogens is 7. The minimum atomic E-state index is 0.499. The third-order valence-corrected chi connectivity index (χ3v) is 11.1. The topological polar surface area (TPSA) is 74.3 Å². The molecule has 0 fully saturated rings. The first-order valence-electron chi connectivity index (χ1n) is 19.3. The van der Waals surface area contributed by atoms with Crippen LogP contribution in [0.25, 0.3) is 95.5 Å². The number of fused-ring (bicyclic) bond motifs is 6. The number of nitrogens with zero attached hydrogens (tertiary/aromatic N) is 7. The Morgan fingerprint density at radius 3 is 1.61 bits per heavy atom. The monoisotopic (exact) mass is 733 g/mol. The summed E-state index contributed by atoms with van der Waals surface area (Å²) in [5, 5.41) is 3.76. The molecule has 7 heteroatoms. The van der Waals surface area contributed by atoms with Gasteiger partial charge in [0.2, 0.25) is 0 Å². The largest absolute Gasteiger partial charge is 0.310 e. The number of hydrogen-bond acceptors (Lipinski definition) is 5. The molecule has 0 spiro atoms. The van der Waals surface area contributed by atoms with Crippen molar-refractivity contribution in [1.82, 2.24) is 34.1 Å². The SMILES string of the molecule is CC1C=Cc2c(c3cc(-c4ccc5c(c4)c4ccccc4n5-c4ccc(-c5nc(-c6ccncc6)nc(-c6ccncc6)n5)cc4)ccc3n2-c2ccccc2)C1. The van der Waals surface area contributed by atoms with Crippen LogP contribution < -0.4 is 0 Å². The Labute approximate surface area is 329 Å². The van der Waals surface area contributed by atoms with Crippen LogP contribution in [-0.4, -0.2) is 34.1 Å². The lowest BCUT2D eigenvalue weighted by atomic mass is 9.92. The highest BCUT2D eigenvalue weighted by atomic mass is 15.0. The first-order valence-corrected chi connectivity index (χ1v) is 19.3. The van der Waals surface area contributed by atoms with Gasteiger partial charge in [-0.2, -0.15) is 0 Å². The standard InChI is InChI=1S/C50H35N7/c1-32-11-18-45-41(29-32)43-31-37(15-20-47(43)56(45)38-7-3-2-4-8-38)36-14-19-46-42(30-36)40-9-5-6-10-44(40)57(46)39-16-12-33(13-17-39)48-53-49(34-21-25-51-26-22-34)55-50(54-48)35-23-27-52-28-24-35/h2-28,30-32H,29H2,1H3. The number of pyridine rings is 2. The van der Waals surface area contributed by atoms with Gasteiger partial charge in [0.1, 0.15) is 0 Å². The fourth-order valence-corrected chi connectivity index (χ4v) is 8.40. The fraction of sp³-hybridized carbons (Fsp3) is 0.0600. The van der Waals surface area contributed by atoms with Crippen molar-refractivity contribution in [1.29, 1.82) is 0 Å². The van der Waals surface area contributed by atoms with Crippen molar-refractivity contribution in [2.45, 2.75) is 13.3 Å². The highest BCUT2D eigenvalue weighted by Crippen LogP contribution is 2.40. The Morgan fingerprint density at radius 2 is 0.965 bits per heavy atom. The molecule has 0 saturated carbocycles. The molecule has 10 aromatic rings. The van der Waals surface area contributed by atoms with Crippen molar-refractivity contribution in [3.05, 3.63) is 182 Å². The van der Waals surface area contributed by atoms with Gasteiger partial charge in [-0.1, -0.05) is 61.5 Å². The molecule has 1 unspecified atom stereocenters. The molecule has 0 amide bonds. The molecular weight excluding hydrogens is 699 g/mol. The summed E-state index contributed by atoms with van der Waals surface area (Å²) >= 11 is 0. The number of hydrogen-bond donors (Lipinski definition) is 0. The van der Waals surface area contributed by atoms with Crippen molar-refractivity contribution < 1.29 is 0 Å². The van der Waals surface area contributed by atoms with Gasteiger partial charge in [-0.3, -0.25) is 9.97 Å². The van der Waals surface area contributed by atoms with Gasteiger partial charge in [0.05, 0.1) is 16.6 Å². The molecule has 7 nitrogen and oxygen atoms in total. The Kier molecular flexibility index (Phi) is 7.70. The van der Waals surface area contributed by atoms with Crippen molar-refractivity contribution >= 4 is 38.8 Å². The molecule has 0 N–H and O–H groups in total. The summed E-state index contributed by atoms with van der Waals surface area (Å²) in [6.45, 7) is 2.30. The number of benzene rings is 5. The maximum Gasteiger partial charge on any atom is 0.164 e. The Hall–Kier alpha value is -7.51. The van der Waals surface area contributed by atoms with E-state index in [0.29, 0.717) is 23.4 Å². The van der Waals surface area contributed by atoms with E-state index in [4.69, 9.17) is 15.0 Å². The van der Waals surface area contributed by atoms with Gasteiger partial charge in [0.15, 0.2) is 17.5 Å². The average Bonchev–Trinajstić information content (AvgIpc) is 3.79. The van der Waals surface area contributed by atoms with Gasteiger partial charge in [-0.25, -0.2) is 15.0 Å². The molecule has 5 heterocycles. The van der Waals surface area contributed by atoms with Crippen LogP contribution in [0.3, 0.4) is 0 Å². The molecule has 1 aliphatic rings. The van der Waals surface area contributed by atoms with E-state index in [9.17, 15) is 0 Å². The second-order valence-corrected chi connectivity index (χ2v) is 14.7. The lowest BCUT2D eigenvalue weighted by Crippen LogP contribution is -2.05. The summed E-state index contributed by atoms with van der Waals surface area (Å²) in [5.41, 5.74) is 13.6. The zero-order chi connectivity index (χ0) is 37.9. The molecule has 11 rings (SSSR count). The smallest absolute Gasteiger partial charge is 0.164 e. The van der Waals surface area contributed by atoms with Crippen LogP contribution in [-0.2, 0) is 6.42 Å². The van der Waals surface area contributed by atoms with Gasteiger partial charge in [-0.05, 0) is 126 Å². The van der Waals surface area contributed by atoms with Crippen molar-refractivity contribution in [2.24, 2.45) is 5.92 Å². The molecular formula is C50H35N7. The molecule has 270 valence electrons. The van der Waals surface area contributed by atoms with Crippen LogP contribution in [0, 0.1) is 5.92 Å². The Bertz CT molecular complexity index is 3090. The minimum Gasteiger partial charge on any atom is -0.310 e. The molecule has 57 heavy (non-hydrogen) atoms. The fourth-order valence-electron chi connectivity index (χ4n) is 8.40. The maximum absolute atomic E-state index is 4.92. The normalized spacial score (nSPS) is 13.7. The van der Waals surface area contributed by atoms with Crippen molar-refractivity contribution in [2.75, 3.05) is 0 Å². The van der Waals surface area contributed by atoms with E-state index in [1.54, 1.807) is 24.8 Å². The summed E-state index contributed by atoms with van der Waals surface area (Å²) in [5.74, 6) is 2.29. The molecule has 1 aliphatic carbocycles. The Balaban J connectivity index is 1.00. The van der Waals surface area contributed by atoms with Gasteiger partial charge in [0.25, 0.3) is 0 Å². The molecule has 0 aliphatic heterocycles. The highest BCUT2D eigenvalue weighted by Gasteiger charge is 2.22. The third-order valence-electron chi connectivity index (χ3n) is 11.1. The number of para-hydroxylation sites is 2. The predicted octanol–water partition coefficient (Wildman–Crippen LogP) is 11.6. The molecule has 0 bridgehead atoms. The zero-order valence-electron chi connectivity index (χ0n) is 31.2. The summed E-state index contributed by atoms with van der Waals surface area (Å²) in [7, 11) is 0. The second-order valence-electron chi connectivity index (χ2n) is 14.7. The Morgan fingerprint density at radius 1 is 0.456 bits per heavy atom. The van der Waals surface area contributed by atoms with Gasteiger partial charge in [-0.15, -0.1) is 0 Å². The number of allylic oxidation sites excluding steroid dienone is 1.